The van der Waals surface area contributed by atoms with E-state index in [0.717, 1.165) is 16.3 Å². The van der Waals surface area contributed by atoms with Crippen LogP contribution in [0.25, 0.3) is 0 Å². The average Bonchev–Trinajstić information content (AvgIpc) is 2.35. The van der Waals surface area contributed by atoms with Gasteiger partial charge >= 0.3 is 0 Å². The fraction of sp³-hybridized carbons (Fsp3) is 0. The van der Waals surface area contributed by atoms with Crippen LogP contribution < -0.4 is 11.2 Å². The molecule has 5 heteroatoms. The molecule has 0 aliphatic carbocycles. The predicted octanol–water partition coefficient (Wildman–Crippen LogP) is 3.67. The summed E-state index contributed by atoms with van der Waals surface area (Å²) in [5.41, 5.74) is 10.6. The number of thiol groups is 1. The van der Waals surface area contributed by atoms with Gasteiger partial charge in [-0.1, -0.05) is 23.4 Å². The molecule has 0 bridgehead atoms. The summed E-state index contributed by atoms with van der Waals surface area (Å²) in [6, 6.07) is 14.8. The minimum absolute atomic E-state index is 0.653. The maximum Gasteiger partial charge on any atom is 0.0874 e. The number of nitrogens with zero attached hydrogens (tertiary/aromatic N) is 2. The van der Waals surface area contributed by atoms with Crippen molar-refractivity contribution in [2.75, 3.05) is 11.2 Å². The van der Waals surface area contributed by atoms with Gasteiger partial charge in [0.25, 0.3) is 0 Å². The molecule has 0 unspecified atom stereocenters. The molecule has 0 saturated heterocycles. The van der Waals surface area contributed by atoms with E-state index in [1.54, 1.807) is 18.2 Å². The zero-order valence-corrected chi connectivity index (χ0v) is 9.93. The SMILES string of the molecule is Nc1ccc(S)c(NN=Nc2ccccc2)c1. The maximum atomic E-state index is 5.66. The third kappa shape index (κ3) is 3.22. The molecule has 2 rings (SSSR count). The van der Waals surface area contributed by atoms with Gasteiger partial charge in [-0.3, -0.25) is 5.43 Å². The molecule has 4 nitrogen and oxygen atoms in total. The Balaban J connectivity index is 2.07. The van der Waals surface area contributed by atoms with E-state index in [1.807, 2.05) is 30.3 Å². The summed E-state index contributed by atoms with van der Waals surface area (Å²) < 4.78 is 0. The van der Waals surface area contributed by atoms with Crippen molar-refractivity contribution in [3.63, 3.8) is 0 Å². The van der Waals surface area contributed by atoms with Gasteiger partial charge in [-0.2, -0.15) is 0 Å². The first-order valence-corrected chi connectivity index (χ1v) is 5.51. The van der Waals surface area contributed by atoms with Gasteiger partial charge in [0.2, 0.25) is 0 Å². The molecule has 0 radical (unpaired) electrons. The standard InChI is InChI=1S/C12H12N4S/c13-9-6-7-12(17)11(8-9)15-16-14-10-4-2-1-3-5-10/h1-8,17H,13H2,(H,14,15). The Kier molecular flexibility index (Phi) is 3.62. The highest BCUT2D eigenvalue weighted by Crippen LogP contribution is 2.22. The zero-order valence-electron chi connectivity index (χ0n) is 9.04. The van der Waals surface area contributed by atoms with E-state index < -0.39 is 0 Å². The van der Waals surface area contributed by atoms with Crippen LogP contribution in [0.1, 0.15) is 0 Å². The zero-order chi connectivity index (χ0) is 12.1. The fourth-order valence-electron chi connectivity index (χ4n) is 1.27. The van der Waals surface area contributed by atoms with Gasteiger partial charge in [-0.15, -0.1) is 17.7 Å². The number of benzene rings is 2. The van der Waals surface area contributed by atoms with E-state index in [1.165, 1.54) is 0 Å². The highest BCUT2D eigenvalue weighted by molar-refractivity contribution is 7.80. The van der Waals surface area contributed by atoms with E-state index in [9.17, 15) is 0 Å². The summed E-state index contributed by atoms with van der Waals surface area (Å²) >= 11 is 4.29. The van der Waals surface area contributed by atoms with E-state index >= 15 is 0 Å². The minimum atomic E-state index is 0.653. The molecule has 0 aliphatic heterocycles. The lowest BCUT2D eigenvalue weighted by Gasteiger charge is -2.03. The Labute approximate surface area is 105 Å². The van der Waals surface area contributed by atoms with Gasteiger partial charge in [-0.05, 0) is 30.3 Å². The Morgan fingerprint density at radius 2 is 1.82 bits per heavy atom. The van der Waals surface area contributed by atoms with Crippen molar-refractivity contribution in [3.8, 4) is 0 Å². The summed E-state index contributed by atoms with van der Waals surface area (Å²) in [6.07, 6.45) is 0. The Bertz CT molecular complexity index is 525. The highest BCUT2D eigenvalue weighted by atomic mass is 32.1. The van der Waals surface area contributed by atoms with Crippen molar-refractivity contribution in [2.24, 2.45) is 10.3 Å². The van der Waals surface area contributed by atoms with Crippen molar-refractivity contribution in [2.45, 2.75) is 4.90 Å². The van der Waals surface area contributed by atoms with Gasteiger partial charge < -0.3 is 5.73 Å². The molecule has 0 spiro atoms. The van der Waals surface area contributed by atoms with Gasteiger partial charge in [-0.25, -0.2) is 0 Å². The molecular formula is C12H12N4S. The first kappa shape index (κ1) is 11.5. The Morgan fingerprint density at radius 1 is 1.06 bits per heavy atom. The van der Waals surface area contributed by atoms with Gasteiger partial charge in [0.05, 0.1) is 11.4 Å². The van der Waals surface area contributed by atoms with Crippen molar-refractivity contribution < 1.29 is 0 Å². The lowest BCUT2D eigenvalue weighted by Crippen LogP contribution is -1.91. The van der Waals surface area contributed by atoms with E-state index in [0.29, 0.717) is 5.69 Å². The molecule has 0 amide bonds. The molecule has 0 heterocycles. The van der Waals surface area contributed by atoms with Gasteiger partial charge in [0, 0.05) is 10.6 Å². The summed E-state index contributed by atoms with van der Waals surface area (Å²) in [7, 11) is 0. The molecule has 0 atom stereocenters. The monoisotopic (exact) mass is 244 g/mol. The van der Waals surface area contributed by atoms with Crippen LogP contribution >= 0.6 is 12.6 Å². The molecule has 3 N–H and O–H groups in total. The molecule has 2 aromatic rings. The van der Waals surface area contributed by atoms with Crippen LogP contribution in [0.2, 0.25) is 0 Å². The molecule has 0 fully saturated rings. The fourth-order valence-corrected chi connectivity index (χ4v) is 1.46. The molecule has 86 valence electrons. The quantitative estimate of drug-likeness (QED) is 0.334. The topological polar surface area (TPSA) is 62.8 Å². The third-order valence-corrected chi connectivity index (χ3v) is 2.50. The number of hydrogen-bond donors (Lipinski definition) is 3. The van der Waals surface area contributed by atoms with Crippen molar-refractivity contribution in [1.82, 2.24) is 0 Å². The van der Waals surface area contributed by atoms with Crippen LogP contribution in [0, 0.1) is 0 Å². The smallest absolute Gasteiger partial charge is 0.0874 e. The van der Waals surface area contributed by atoms with Gasteiger partial charge in [0.1, 0.15) is 0 Å². The number of rotatable bonds is 3. The van der Waals surface area contributed by atoms with Crippen LogP contribution in [-0.2, 0) is 0 Å². The third-order valence-electron chi connectivity index (χ3n) is 2.11. The number of nitrogens with one attached hydrogen (secondary N) is 1. The first-order valence-electron chi connectivity index (χ1n) is 5.06. The summed E-state index contributed by atoms with van der Waals surface area (Å²) in [4.78, 5) is 0.770. The largest absolute Gasteiger partial charge is 0.399 e. The highest BCUT2D eigenvalue weighted by Gasteiger charge is 1.97. The molecule has 2 aromatic carbocycles. The molecule has 0 saturated carbocycles. The molecule has 17 heavy (non-hydrogen) atoms. The van der Waals surface area contributed by atoms with Crippen LogP contribution in [-0.4, -0.2) is 0 Å². The Hall–Kier alpha value is -2.01. The summed E-state index contributed by atoms with van der Waals surface area (Å²) in [5.74, 6) is 0. The number of nitrogens with two attached hydrogens (primary N) is 1. The van der Waals surface area contributed by atoms with Crippen molar-refractivity contribution in [3.05, 3.63) is 48.5 Å². The number of hydrogen-bond acceptors (Lipinski definition) is 4. The molecule has 0 aliphatic rings. The minimum Gasteiger partial charge on any atom is -0.399 e. The summed E-state index contributed by atoms with van der Waals surface area (Å²) in [5, 5.41) is 7.90. The second-order valence-corrected chi connectivity index (χ2v) is 3.91. The number of anilines is 2. The van der Waals surface area contributed by atoms with E-state index in [4.69, 9.17) is 5.73 Å². The molecule has 0 aromatic heterocycles. The van der Waals surface area contributed by atoms with Crippen LogP contribution in [0.3, 0.4) is 0 Å². The lowest BCUT2D eigenvalue weighted by atomic mass is 10.3. The lowest BCUT2D eigenvalue weighted by molar-refractivity contribution is 1.12. The van der Waals surface area contributed by atoms with Crippen molar-refractivity contribution >= 4 is 29.7 Å². The summed E-state index contributed by atoms with van der Waals surface area (Å²) in [6.45, 7) is 0. The predicted molar refractivity (Wildman–Crippen MR) is 72.7 cm³/mol. The van der Waals surface area contributed by atoms with Gasteiger partial charge in [0.15, 0.2) is 0 Å². The first-order chi connectivity index (χ1) is 8.25. The van der Waals surface area contributed by atoms with Crippen LogP contribution in [0.4, 0.5) is 17.1 Å². The van der Waals surface area contributed by atoms with E-state index in [-0.39, 0.29) is 0 Å². The Morgan fingerprint density at radius 3 is 2.59 bits per heavy atom. The normalized spacial score (nSPS) is 10.6. The van der Waals surface area contributed by atoms with Crippen molar-refractivity contribution in [1.29, 1.82) is 0 Å². The second kappa shape index (κ2) is 5.36. The second-order valence-electron chi connectivity index (χ2n) is 3.42. The van der Waals surface area contributed by atoms with Crippen LogP contribution in [0.15, 0.2) is 63.8 Å². The van der Waals surface area contributed by atoms with E-state index in [2.05, 4.69) is 28.4 Å². The maximum absolute atomic E-state index is 5.66. The molecular weight excluding hydrogens is 232 g/mol. The number of nitrogen functional groups attached to an aromatic ring is 1. The average molecular weight is 244 g/mol. The van der Waals surface area contributed by atoms with Crippen LogP contribution in [0.5, 0.6) is 0 Å².